The number of rotatable bonds is 2. The summed E-state index contributed by atoms with van der Waals surface area (Å²) in [5, 5.41) is 3.86. The summed E-state index contributed by atoms with van der Waals surface area (Å²) in [6, 6.07) is 0. The number of hydrogen-bond donors (Lipinski definition) is 0. The average Bonchev–Trinajstić information content (AvgIpc) is 2.71. The van der Waals surface area contributed by atoms with Crippen LogP contribution in [0.1, 0.15) is 42.2 Å². The zero-order valence-electron chi connectivity index (χ0n) is 8.65. The van der Waals surface area contributed by atoms with E-state index in [1.807, 2.05) is 0 Å². The first-order valence-electron chi connectivity index (χ1n) is 5.42. The van der Waals surface area contributed by atoms with Gasteiger partial charge in [0.15, 0.2) is 0 Å². The maximum atomic E-state index is 11.1. The molecule has 0 saturated heterocycles. The van der Waals surface area contributed by atoms with Gasteiger partial charge in [-0.15, -0.1) is 0 Å². The predicted octanol–water partition coefficient (Wildman–Crippen LogP) is 2.18. The Kier molecular flexibility index (Phi) is 2.30. The Labute approximate surface area is 98.4 Å². The first-order valence-corrected chi connectivity index (χ1v) is 7.90. The van der Waals surface area contributed by atoms with E-state index < -0.39 is 9.05 Å². The van der Waals surface area contributed by atoms with E-state index in [2.05, 4.69) is 5.16 Å². The van der Waals surface area contributed by atoms with Gasteiger partial charge in [0, 0.05) is 22.7 Å². The number of hydrogen-bond acceptors (Lipinski definition) is 4. The Morgan fingerprint density at radius 1 is 1.44 bits per heavy atom. The van der Waals surface area contributed by atoms with E-state index in [1.165, 1.54) is 6.42 Å². The molecule has 1 heterocycles. The molecule has 0 aromatic carbocycles. The monoisotopic (exact) mass is 261 g/mol. The molecule has 2 bridgehead atoms. The van der Waals surface area contributed by atoms with Crippen LogP contribution in [0, 0.1) is 5.92 Å². The smallest absolute Gasteiger partial charge is 0.238 e. The molecular formula is C10H12ClNO3S. The third-order valence-corrected chi connectivity index (χ3v) is 4.56. The van der Waals surface area contributed by atoms with E-state index >= 15 is 0 Å². The largest absolute Gasteiger partial charge is 0.361 e. The molecule has 4 nitrogen and oxygen atoms in total. The molecule has 2 unspecified atom stereocenters. The van der Waals surface area contributed by atoms with Crippen molar-refractivity contribution < 1.29 is 12.9 Å². The van der Waals surface area contributed by atoms with Crippen LogP contribution in [0.5, 0.6) is 0 Å². The molecule has 3 rings (SSSR count). The second-order valence-corrected chi connectivity index (χ2v) is 7.51. The lowest BCUT2D eigenvalue weighted by Gasteiger charge is -2.17. The molecule has 0 aliphatic heterocycles. The summed E-state index contributed by atoms with van der Waals surface area (Å²) in [6.45, 7) is 0. The Morgan fingerprint density at radius 2 is 2.25 bits per heavy atom. The second-order valence-electron chi connectivity index (χ2n) is 4.73. The lowest BCUT2D eigenvalue weighted by molar-refractivity contribution is 0.346. The minimum atomic E-state index is -3.55. The maximum Gasteiger partial charge on any atom is 0.238 e. The fraction of sp³-hybridized carbons (Fsp3) is 0.700. The molecule has 0 radical (unpaired) electrons. The summed E-state index contributed by atoms with van der Waals surface area (Å²) < 4.78 is 27.4. The maximum absolute atomic E-state index is 11.1. The van der Waals surface area contributed by atoms with Gasteiger partial charge in [0.2, 0.25) is 9.05 Å². The zero-order valence-corrected chi connectivity index (χ0v) is 10.2. The van der Waals surface area contributed by atoms with Gasteiger partial charge in [0.1, 0.15) is 17.2 Å². The molecule has 0 amide bonds. The minimum absolute atomic E-state index is 0.214. The van der Waals surface area contributed by atoms with Gasteiger partial charge >= 0.3 is 0 Å². The van der Waals surface area contributed by atoms with Crippen LogP contribution in [-0.4, -0.2) is 13.6 Å². The first kappa shape index (κ1) is 10.6. The summed E-state index contributed by atoms with van der Waals surface area (Å²) in [5.74, 6) is 1.81. The predicted molar refractivity (Wildman–Crippen MR) is 58.8 cm³/mol. The molecule has 0 spiro atoms. The van der Waals surface area contributed by atoms with Crippen LogP contribution in [0.15, 0.2) is 4.52 Å². The van der Waals surface area contributed by atoms with Gasteiger partial charge < -0.3 is 4.52 Å². The minimum Gasteiger partial charge on any atom is -0.361 e. The van der Waals surface area contributed by atoms with E-state index in [9.17, 15) is 8.42 Å². The van der Waals surface area contributed by atoms with Crippen LogP contribution >= 0.6 is 10.7 Å². The van der Waals surface area contributed by atoms with E-state index in [-0.39, 0.29) is 5.75 Å². The third kappa shape index (κ3) is 1.76. The molecule has 88 valence electrons. The van der Waals surface area contributed by atoms with Crippen molar-refractivity contribution in [3.8, 4) is 0 Å². The highest BCUT2D eigenvalue weighted by atomic mass is 35.7. The van der Waals surface area contributed by atoms with Gasteiger partial charge in [0.25, 0.3) is 0 Å². The van der Waals surface area contributed by atoms with Crippen LogP contribution in [-0.2, 0) is 21.2 Å². The zero-order chi connectivity index (χ0) is 11.3. The number of halogens is 1. The van der Waals surface area contributed by atoms with E-state index in [0.717, 1.165) is 30.6 Å². The molecular weight excluding hydrogens is 250 g/mol. The van der Waals surface area contributed by atoms with Crippen molar-refractivity contribution >= 4 is 19.7 Å². The highest BCUT2D eigenvalue weighted by Crippen LogP contribution is 2.47. The molecule has 2 atom stereocenters. The van der Waals surface area contributed by atoms with Crippen molar-refractivity contribution in [1.82, 2.24) is 5.16 Å². The molecule has 2 aliphatic carbocycles. The van der Waals surface area contributed by atoms with Gasteiger partial charge in [-0.3, -0.25) is 0 Å². The summed E-state index contributed by atoms with van der Waals surface area (Å²) >= 11 is 0. The Morgan fingerprint density at radius 3 is 3.00 bits per heavy atom. The Bertz CT molecular complexity index is 522. The van der Waals surface area contributed by atoms with Crippen LogP contribution < -0.4 is 0 Å². The third-order valence-electron chi connectivity index (χ3n) is 3.61. The number of fused-ring (bicyclic) bond motifs is 4. The molecule has 1 saturated carbocycles. The molecule has 2 aliphatic rings. The van der Waals surface area contributed by atoms with Crippen molar-refractivity contribution in [2.75, 3.05) is 0 Å². The van der Waals surface area contributed by atoms with E-state index in [1.54, 1.807) is 0 Å². The molecule has 0 N–H and O–H groups in total. The van der Waals surface area contributed by atoms with Gasteiger partial charge in [-0.1, -0.05) is 5.16 Å². The second kappa shape index (κ2) is 3.47. The van der Waals surface area contributed by atoms with Gasteiger partial charge in [-0.2, -0.15) is 0 Å². The van der Waals surface area contributed by atoms with Gasteiger partial charge in [-0.25, -0.2) is 8.42 Å². The summed E-state index contributed by atoms with van der Waals surface area (Å²) in [6.07, 6.45) is 4.38. The highest BCUT2D eigenvalue weighted by molar-refractivity contribution is 8.13. The van der Waals surface area contributed by atoms with Crippen molar-refractivity contribution in [3.05, 3.63) is 17.0 Å². The topological polar surface area (TPSA) is 60.2 Å². The summed E-state index contributed by atoms with van der Waals surface area (Å²) in [7, 11) is 1.71. The Balaban J connectivity index is 2.00. The molecule has 6 heteroatoms. The first-order chi connectivity index (χ1) is 7.53. The lowest BCUT2D eigenvalue weighted by atomic mass is 9.86. The number of aromatic nitrogens is 1. The van der Waals surface area contributed by atoms with Crippen molar-refractivity contribution in [2.24, 2.45) is 5.92 Å². The van der Waals surface area contributed by atoms with Gasteiger partial charge in [0.05, 0.1) is 0 Å². The van der Waals surface area contributed by atoms with Crippen molar-refractivity contribution in [1.29, 1.82) is 0 Å². The molecule has 1 aromatic heterocycles. The fourth-order valence-electron chi connectivity index (χ4n) is 3.03. The van der Waals surface area contributed by atoms with Crippen LogP contribution in [0.25, 0.3) is 0 Å². The molecule has 1 aromatic rings. The van der Waals surface area contributed by atoms with E-state index in [0.29, 0.717) is 17.5 Å². The molecule has 1 fully saturated rings. The lowest BCUT2D eigenvalue weighted by Crippen LogP contribution is -2.10. The fourth-order valence-corrected chi connectivity index (χ4v) is 3.88. The van der Waals surface area contributed by atoms with Crippen LogP contribution in [0.2, 0.25) is 0 Å². The van der Waals surface area contributed by atoms with Crippen LogP contribution in [0.4, 0.5) is 0 Å². The normalized spacial score (nSPS) is 28.1. The van der Waals surface area contributed by atoms with E-state index in [4.69, 9.17) is 15.2 Å². The summed E-state index contributed by atoms with van der Waals surface area (Å²) in [5.41, 5.74) is 1.55. The standard InChI is InChI=1S/C10H12ClNO3S/c11-16(13,14)5-8-10-7-2-1-6(3-7)4-9(10)15-12-8/h6-7H,1-5H2. The highest BCUT2D eigenvalue weighted by Gasteiger charge is 2.38. The molecule has 16 heavy (non-hydrogen) atoms. The summed E-state index contributed by atoms with van der Waals surface area (Å²) in [4.78, 5) is 0. The Hall–Kier alpha value is -0.550. The van der Waals surface area contributed by atoms with Crippen LogP contribution in [0.3, 0.4) is 0 Å². The van der Waals surface area contributed by atoms with Crippen molar-refractivity contribution in [3.63, 3.8) is 0 Å². The SMILES string of the molecule is O=S(=O)(Cl)Cc1noc2c1C1CCC(C2)C1. The quantitative estimate of drug-likeness (QED) is 0.766. The number of nitrogens with zero attached hydrogens (tertiary/aromatic N) is 1. The average molecular weight is 262 g/mol. The van der Waals surface area contributed by atoms with Gasteiger partial charge in [-0.05, 0) is 31.1 Å². The van der Waals surface area contributed by atoms with Crippen molar-refractivity contribution in [2.45, 2.75) is 37.4 Å².